The Kier molecular flexibility index (Phi) is 4.33. The van der Waals surface area contributed by atoms with Gasteiger partial charge in [0, 0.05) is 0 Å². The van der Waals surface area contributed by atoms with E-state index in [1.807, 2.05) is 19.1 Å². The largest absolute Gasteiger partial charge is 0.479 e. The van der Waals surface area contributed by atoms with Crippen molar-refractivity contribution in [3.8, 4) is 0 Å². The second-order valence-electron chi connectivity index (χ2n) is 4.38. The van der Waals surface area contributed by atoms with Gasteiger partial charge in [-0.2, -0.15) is 0 Å². The summed E-state index contributed by atoms with van der Waals surface area (Å²) >= 11 is 0. The molecule has 0 aromatic carbocycles. The van der Waals surface area contributed by atoms with Gasteiger partial charge in [0.25, 0.3) is 0 Å². The van der Waals surface area contributed by atoms with Crippen LogP contribution in [0.4, 0.5) is 0 Å². The van der Waals surface area contributed by atoms with Crippen molar-refractivity contribution in [2.75, 3.05) is 6.61 Å². The Morgan fingerprint density at radius 3 is 2.93 bits per heavy atom. The zero-order valence-corrected chi connectivity index (χ0v) is 9.53. The minimum absolute atomic E-state index is 0.398. The molecule has 2 unspecified atom stereocenters. The minimum Gasteiger partial charge on any atom is -0.479 e. The van der Waals surface area contributed by atoms with Gasteiger partial charge in [0.1, 0.15) is 0 Å². The van der Waals surface area contributed by atoms with Crippen LogP contribution in [0.5, 0.6) is 0 Å². The molecule has 15 heavy (non-hydrogen) atoms. The number of carbonyl (C=O) groups is 1. The van der Waals surface area contributed by atoms with Gasteiger partial charge in [0.05, 0.1) is 6.61 Å². The van der Waals surface area contributed by atoms with Crippen LogP contribution in [0.25, 0.3) is 0 Å². The van der Waals surface area contributed by atoms with Crippen molar-refractivity contribution in [3.63, 3.8) is 0 Å². The summed E-state index contributed by atoms with van der Waals surface area (Å²) in [7, 11) is 0. The highest BCUT2D eigenvalue weighted by atomic mass is 16.5. The van der Waals surface area contributed by atoms with E-state index in [0.717, 1.165) is 12.8 Å². The van der Waals surface area contributed by atoms with Gasteiger partial charge in [-0.3, -0.25) is 0 Å². The maximum Gasteiger partial charge on any atom is 0.335 e. The van der Waals surface area contributed by atoms with Crippen molar-refractivity contribution in [1.82, 2.24) is 0 Å². The lowest BCUT2D eigenvalue weighted by Crippen LogP contribution is -2.45. The quantitative estimate of drug-likeness (QED) is 0.729. The van der Waals surface area contributed by atoms with Gasteiger partial charge in [-0.25, -0.2) is 4.79 Å². The first kappa shape index (κ1) is 12.2. The first-order chi connectivity index (χ1) is 7.10. The predicted octanol–water partition coefficient (Wildman–Crippen LogP) is 2.61. The van der Waals surface area contributed by atoms with Crippen LogP contribution in [0, 0.1) is 5.92 Å². The second kappa shape index (κ2) is 5.31. The Morgan fingerprint density at radius 2 is 2.40 bits per heavy atom. The lowest BCUT2D eigenvalue weighted by atomic mass is 9.79. The Morgan fingerprint density at radius 1 is 1.67 bits per heavy atom. The number of allylic oxidation sites excluding steroid dienone is 1. The number of hydrogen-bond donors (Lipinski definition) is 1. The van der Waals surface area contributed by atoms with E-state index in [1.165, 1.54) is 0 Å². The molecular weight excluding hydrogens is 192 g/mol. The molecule has 3 heteroatoms. The van der Waals surface area contributed by atoms with E-state index < -0.39 is 11.6 Å². The first-order valence-electron chi connectivity index (χ1n) is 5.59. The number of carboxylic acids is 1. The van der Waals surface area contributed by atoms with Crippen LogP contribution in [0.15, 0.2) is 12.2 Å². The van der Waals surface area contributed by atoms with Gasteiger partial charge >= 0.3 is 5.97 Å². The van der Waals surface area contributed by atoms with Gasteiger partial charge in [0.15, 0.2) is 5.60 Å². The summed E-state index contributed by atoms with van der Waals surface area (Å²) in [4.78, 5) is 11.3. The highest BCUT2D eigenvalue weighted by molar-refractivity contribution is 5.77. The molecular formula is C12H20O3. The van der Waals surface area contributed by atoms with Crippen molar-refractivity contribution in [3.05, 3.63) is 12.2 Å². The first-order valence-corrected chi connectivity index (χ1v) is 5.59. The zero-order chi connectivity index (χ0) is 11.3. The number of hydrogen-bond acceptors (Lipinski definition) is 2. The summed E-state index contributed by atoms with van der Waals surface area (Å²) in [6, 6.07) is 0. The lowest BCUT2D eigenvalue weighted by Gasteiger charge is -2.35. The summed E-state index contributed by atoms with van der Waals surface area (Å²) in [5.74, 6) is -0.362. The van der Waals surface area contributed by atoms with E-state index in [2.05, 4.69) is 6.92 Å². The maximum absolute atomic E-state index is 11.3. The summed E-state index contributed by atoms with van der Waals surface area (Å²) in [5, 5.41) is 9.26. The second-order valence-corrected chi connectivity index (χ2v) is 4.38. The Labute approximate surface area is 91.1 Å². The fourth-order valence-electron chi connectivity index (χ4n) is 2.19. The molecule has 0 saturated heterocycles. The van der Waals surface area contributed by atoms with Crippen molar-refractivity contribution < 1.29 is 14.6 Å². The van der Waals surface area contributed by atoms with E-state index >= 15 is 0 Å². The number of aliphatic carboxylic acids is 1. The smallest absolute Gasteiger partial charge is 0.335 e. The monoisotopic (exact) mass is 212 g/mol. The fourth-order valence-corrected chi connectivity index (χ4v) is 2.19. The Hall–Kier alpha value is -0.830. The number of rotatable bonds is 4. The molecule has 1 fully saturated rings. The highest BCUT2D eigenvalue weighted by Gasteiger charge is 2.42. The van der Waals surface area contributed by atoms with Gasteiger partial charge < -0.3 is 9.84 Å². The fraction of sp³-hybridized carbons (Fsp3) is 0.750. The Bertz CT molecular complexity index is 247. The SMILES string of the molecule is CC=CCOC1(C(=O)O)CCCC(C)C1. The Balaban J connectivity index is 2.64. The topological polar surface area (TPSA) is 46.5 Å². The molecule has 1 rings (SSSR count). The molecule has 0 aliphatic heterocycles. The van der Waals surface area contributed by atoms with Crippen LogP contribution < -0.4 is 0 Å². The van der Waals surface area contributed by atoms with E-state index in [9.17, 15) is 9.90 Å². The molecule has 0 aromatic rings. The van der Waals surface area contributed by atoms with Crippen LogP contribution in [0.1, 0.15) is 39.5 Å². The molecule has 1 aliphatic carbocycles. The zero-order valence-electron chi connectivity index (χ0n) is 9.53. The van der Waals surface area contributed by atoms with E-state index in [1.54, 1.807) is 0 Å². The molecule has 86 valence electrons. The lowest BCUT2D eigenvalue weighted by molar-refractivity contribution is -0.171. The standard InChI is InChI=1S/C12H20O3/c1-3-4-8-15-12(11(13)14)7-5-6-10(2)9-12/h3-4,10H,5-9H2,1-2H3,(H,13,14). The molecule has 0 bridgehead atoms. The van der Waals surface area contributed by atoms with Crippen molar-refractivity contribution in [1.29, 1.82) is 0 Å². The summed E-state index contributed by atoms with van der Waals surface area (Å²) in [5.41, 5.74) is -0.933. The molecule has 0 amide bonds. The third-order valence-electron chi connectivity index (χ3n) is 3.04. The van der Waals surface area contributed by atoms with E-state index in [0.29, 0.717) is 25.4 Å². The van der Waals surface area contributed by atoms with Gasteiger partial charge in [-0.15, -0.1) is 0 Å². The van der Waals surface area contributed by atoms with Gasteiger partial charge in [0.2, 0.25) is 0 Å². The molecule has 0 heterocycles. The van der Waals surface area contributed by atoms with Gasteiger partial charge in [-0.1, -0.05) is 25.5 Å². The van der Waals surface area contributed by atoms with E-state index in [-0.39, 0.29) is 0 Å². The molecule has 3 nitrogen and oxygen atoms in total. The molecule has 0 aromatic heterocycles. The average Bonchev–Trinajstić information content (AvgIpc) is 2.18. The number of carboxylic acid groups (broad SMARTS) is 1. The van der Waals surface area contributed by atoms with E-state index in [4.69, 9.17) is 4.74 Å². The van der Waals surface area contributed by atoms with Crippen molar-refractivity contribution in [2.45, 2.75) is 45.1 Å². The van der Waals surface area contributed by atoms with Crippen LogP contribution in [-0.4, -0.2) is 23.3 Å². The van der Waals surface area contributed by atoms with Crippen LogP contribution in [-0.2, 0) is 9.53 Å². The summed E-state index contributed by atoms with van der Waals surface area (Å²) < 4.78 is 5.56. The summed E-state index contributed by atoms with van der Waals surface area (Å²) in [6.07, 6.45) is 7.07. The molecule has 0 spiro atoms. The normalized spacial score (nSPS) is 32.0. The van der Waals surface area contributed by atoms with Crippen LogP contribution in [0.3, 0.4) is 0 Å². The minimum atomic E-state index is -0.933. The highest BCUT2D eigenvalue weighted by Crippen LogP contribution is 2.35. The molecule has 1 aliphatic rings. The third-order valence-corrected chi connectivity index (χ3v) is 3.04. The van der Waals surface area contributed by atoms with Crippen LogP contribution >= 0.6 is 0 Å². The maximum atomic E-state index is 11.3. The third kappa shape index (κ3) is 3.06. The molecule has 1 N–H and O–H groups in total. The van der Waals surface area contributed by atoms with Crippen molar-refractivity contribution in [2.24, 2.45) is 5.92 Å². The average molecular weight is 212 g/mol. The summed E-state index contributed by atoms with van der Waals surface area (Å²) in [6.45, 7) is 4.39. The molecule has 2 atom stereocenters. The van der Waals surface area contributed by atoms with Crippen molar-refractivity contribution >= 4 is 5.97 Å². The predicted molar refractivity (Wildman–Crippen MR) is 58.8 cm³/mol. The van der Waals surface area contributed by atoms with Gasteiger partial charge in [-0.05, 0) is 32.1 Å². The van der Waals surface area contributed by atoms with Crippen LogP contribution in [0.2, 0.25) is 0 Å². The molecule has 0 radical (unpaired) electrons. The number of ether oxygens (including phenoxy) is 1. The molecule has 1 saturated carbocycles.